The molecule has 1 aromatic rings. The van der Waals surface area contributed by atoms with Crippen LogP contribution >= 0.6 is 11.6 Å². The molecule has 1 saturated heterocycles. The Hall–Kier alpha value is -1.06. The molecule has 2 rings (SSSR count). The van der Waals surface area contributed by atoms with E-state index in [1.807, 2.05) is 6.07 Å². The van der Waals surface area contributed by atoms with Crippen molar-refractivity contribution in [1.29, 1.82) is 0 Å². The number of alkyl halides is 1. The van der Waals surface area contributed by atoms with Crippen LogP contribution in [0.15, 0.2) is 30.3 Å². The van der Waals surface area contributed by atoms with Crippen LogP contribution in [-0.4, -0.2) is 30.9 Å². The quantitative estimate of drug-likeness (QED) is 0.817. The van der Waals surface area contributed by atoms with Crippen LogP contribution in [0.4, 0.5) is 0 Å². The third-order valence-corrected chi connectivity index (χ3v) is 3.57. The number of carbonyl (C=O) groups is 1. The van der Waals surface area contributed by atoms with E-state index in [4.69, 9.17) is 11.6 Å². The van der Waals surface area contributed by atoms with Crippen LogP contribution in [0.2, 0.25) is 0 Å². The Balaban J connectivity index is 2.04. The lowest BCUT2D eigenvalue weighted by Gasteiger charge is -2.33. The van der Waals surface area contributed by atoms with Gasteiger partial charge in [0, 0.05) is 30.8 Å². The summed E-state index contributed by atoms with van der Waals surface area (Å²) in [5.74, 6) is 0.813. The molecular weight excluding hydrogens is 248 g/mol. The zero-order valence-electron chi connectivity index (χ0n) is 10.4. The molecule has 0 spiro atoms. The fourth-order valence-corrected chi connectivity index (χ4v) is 2.65. The van der Waals surface area contributed by atoms with E-state index >= 15 is 0 Å². The smallest absolute Gasteiger partial charge is 0.221 e. The van der Waals surface area contributed by atoms with Gasteiger partial charge < -0.3 is 10.6 Å². The Kier molecular flexibility index (Phi) is 5.02. The van der Waals surface area contributed by atoms with Gasteiger partial charge in [-0.05, 0) is 18.5 Å². The second kappa shape index (κ2) is 6.76. The molecule has 1 aliphatic rings. The highest BCUT2D eigenvalue weighted by molar-refractivity contribution is 6.18. The maximum atomic E-state index is 11.7. The fraction of sp³-hybridized carbons (Fsp3) is 0.500. The predicted molar refractivity (Wildman–Crippen MR) is 73.9 cm³/mol. The maximum Gasteiger partial charge on any atom is 0.221 e. The van der Waals surface area contributed by atoms with Crippen molar-refractivity contribution in [3.8, 4) is 0 Å². The Morgan fingerprint density at radius 1 is 1.39 bits per heavy atom. The van der Waals surface area contributed by atoms with Crippen LogP contribution < -0.4 is 10.6 Å². The molecule has 0 saturated carbocycles. The van der Waals surface area contributed by atoms with Crippen LogP contribution in [0.25, 0.3) is 0 Å². The number of piperidine rings is 1. The molecule has 98 valence electrons. The summed E-state index contributed by atoms with van der Waals surface area (Å²) in [4.78, 5) is 11.7. The fourth-order valence-electron chi connectivity index (χ4n) is 2.47. The van der Waals surface area contributed by atoms with Gasteiger partial charge in [-0.25, -0.2) is 0 Å². The van der Waals surface area contributed by atoms with Gasteiger partial charge in [-0.2, -0.15) is 0 Å². The van der Waals surface area contributed by atoms with Gasteiger partial charge in [-0.15, -0.1) is 11.6 Å². The van der Waals surface area contributed by atoms with E-state index in [0.717, 1.165) is 19.5 Å². The first kappa shape index (κ1) is 13.4. The third-order valence-electron chi connectivity index (χ3n) is 3.38. The summed E-state index contributed by atoms with van der Waals surface area (Å²) < 4.78 is 0. The van der Waals surface area contributed by atoms with E-state index < -0.39 is 0 Å². The highest BCUT2D eigenvalue weighted by atomic mass is 35.5. The van der Waals surface area contributed by atoms with Gasteiger partial charge in [0.1, 0.15) is 0 Å². The van der Waals surface area contributed by atoms with Crippen molar-refractivity contribution in [2.75, 3.05) is 19.0 Å². The third kappa shape index (κ3) is 3.47. The topological polar surface area (TPSA) is 41.1 Å². The van der Waals surface area contributed by atoms with Gasteiger partial charge in [0.15, 0.2) is 0 Å². The van der Waals surface area contributed by atoms with Gasteiger partial charge in [-0.1, -0.05) is 30.3 Å². The van der Waals surface area contributed by atoms with E-state index in [-0.39, 0.29) is 11.9 Å². The van der Waals surface area contributed by atoms with Crippen molar-refractivity contribution >= 4 is 17.5 Å². The Morgan fingerprint density at radius 3 is 2.89 bits per heavy atom. The number of hydrogen-bond acceptors (Lipinski definition) is 2. The van der Waals surface area contributed by atoms with Gasteiger partial charge >= 0.3 is 0 Å². The lowest BCUT2D eigenvalue weighted by Crippen LogP contribution is -2.50. The van der Waals surface area contributed by atoms with Gasteiger partial charge in [0.05, 0.1) is 0 Å². The van der Waals surface area contributed by atoms with E-state index in [2.05, 4.69) is 34.9 Å². The van der Waals surface area contributed by atoms with Crippen molar-refractivity contribution in [3.05, 3.63) is 35.9 Å². The number of nitrogens with one attached hydrogen (secondary N) is 2. The van der Waals surface area contributed by atoms with Gasteiger partial charge in [0.25, 0.3) is 0 Å². The normalized spacial score (nSPS) is 23.6. The number of amides is 1. The largest absolute Gasteiger partial charge is 0.351 e. The first-order chi connectivity index (χ1) is 8.81. The molecule has 1 amide bonds. The summed E-state index contributed by atoms with van der Waals surface area (Å²) in [6, 6.07) is 10.6. The number of hydrogen-bond donors (Lipinski definition) is 2. The molecule has 1 heterocycles. The van der Waals surface area contributed by atoms with E-state index in [0.29, 0.717) is 18.2 Å². The monoisotopic (exact) mass is 266 g/mol. The molecule has 2 N–H and O–H groups in total. The molecule has 0 bridgehead atoms. The zero-order valence-corrected chi connectivity index (χ0v) is 11.1. The number of halogens is 1. The van der Waals surface area contributed by atoms with E-state index in [1.54, 1.807) is 0 Å². The van der Waals surface area contributed by atoms with Crippen LogP contribution in [0.3, 0.4) is 0 Å². The minimum atomic E-state index is 0.0413. The molecule has 18 heavy (non-hydrogen) atoms. The summed E-state index contributed by atoms with van der Waals surface area (Å²) in [5, 5.41) is 6.42. The first-order valence-corrected chi connectivity index (χ1v) is 6.95. The summed E-state index contributed by atoms with van der Waals surface area (Å²) in [6.45, 7) is 1.83. The number of benzene rings is 1. The summed E-state index contributed by atoms with van der Waals surface area (Å²) >= 11 is 5.59. The van der Waals surface area contributed by atoms with Crippen LogP contribution in [0.1, 0.15) is 24.3 Å². The molecule has 3 nitrogen and oxygen atoms in total. The van der Waals surface area contributed by atoms with Crippen LogP contribution in [0.5, 0.6) is 0 Å². The Morgan fingerprint density at radius 2 is 2.17 bits per heavy atom. The summed E-state index contributed by atoms with van der Waals surface area (Å²) in [7, 11) is 0. The Bertz CT molecular complexity index is 383. The molecule has 2 unspecified atom stereocenters. The summed E-state index contributed by atoms with van der Waals surface area (Å²) in [6.07, 6.45) is 1.44. The molecule has 1 fully saturated rings. The second-order valence-electron chi connectivity index (χ2n) is 4.62. The first-order valence-electron chi connectivity index (χ1n) is 6.42. The average molecular weight is 267 g/mol. The molecule has 0 aromatic heterocycles. The Labute approximate surface area is 113 Å². The number of rotatable bonds is 4. The van der Waals surface area contributed by atoms with Crippen molar-refractivity contribution < 1.29 is 4.79 Å². The highest BCUT2D eigenvalue weighted by Crippen LogP contribution is 2.25. The van der Waals surface area contributed by atoms with Crippen molar-refractivity contribution in [1.82, 2.24) is 10.6 Å². The lowest BCUT2D eigenvalue weighted by molar-refractivity contribution is -0.121. The predicted octanol–water partition coefficient (Wildman–Crippen LogP) is 1.88. The molecule has 4 heteroatoms. The molecule has 1 aliphatic heterocycles. The summed E-state index contributed by atoms with van der Waals surface area (Å²) in [5.41, 5.74) is 1.30. The van der Waals surface area contributed by atoms with Crippen molar-refractivity contribution in [3.63, 3.8) is 0 Å². The van der Waals surface area contributed by atoms with Crippen LogP contribution in [0, 0.1) is 0 Å². The number of carbonyl (C=O) groups excluding carboxylic acids is 1. The average Bonchev–Trinajstić information content (AvgIpc) is 2.40. The van der Waals surface area contributed by atoms with Crippen molar-refractivity contribution in [2.45, 2.75) is 24.8 Å². The minimum Gasteiger partial charge on any atom is -0.351 e. The minimum absolute atomic E-state index is 0.0413. The maximum absolute atomic E-state index is 11.7. The van der Waals surface area contributed by atoms with Gasteiger partial charge in [-0.3, -0.25) is 4.79 Å². The van der Waals surface area contributed by atoms with E-state index in [9.17, 15) is 4.79 Å². The standard InChI is InChI=1S/C14H19ClN2O/c15-8-6-14(18)17-13-10-16-9-7-12(13)11-4-2-1-3-5-11/h1-5,12-13,16H,6-10H2,(H,17,18). The van der Waals surface area contributed by atoms with Crippen LogP contribution in [-0.2, 0) is 4.79 Å². The SMILES string of the molecule is O=C(CCCl)NC1CNCCC1c1ccccc1. The lowest BCUT2D eigenvalue weighted by atomic mass is 9.86. The molecule has 0 aliphatic carbocycles. The zero-order chi connectivity index (χ0) is 12.8. The van der Waals surface area contributed by atoms with Gasteiger partial charge in [0.2, 0.25) is 5.91 Å². The molecule has 2 atom stereocenters. The second-order valence-corrected chi connectivity index (χ2v) is 5.00. The highest BCUT2D eigenvalue weighted by Gasteiger charge is 2.27. The van der Waals surface area contributed by atoms with E-state index in [1.165, 1.54) is 5.56 Å². The molecule has 1 aromatic carbocycles. The van der Waals surface area contributed by atoms with Crippen molar-refractivity contribution in [2.24, 2.45) is 0 Å². The molecule has 0 radical (unpaired) electrons. The molecular formula is C14H19ClN2O.